The Labute approximate surface area is 364 Å². The van der Waals surface area contributed by atoms with E-state index in [0.29, 0.717) is 82.5 Å². The van der Waals surface area contributed by atoms with Crippen molar-refractivity contribution >= 4 is 64.4 Å². The molecular weight excluding hydrogens is 817 g/mol. The Balaban J connectivity index is 0.00000205. The Morgan fingerprint density at radius 2 is 1.14 bits per heavy atom. The highest BCUT2D eigenvalue weighted by molar-refractivity contribution is 6.05. The number of hydrogen-bond acceptors (Lipinski definition) is 13. The van der Waals surface area contributed by atoms with Crippen molar-refractivity contribution in [1.82, 2.24) is 38.7 Å². The number of nitrogens with one attached hydrogen (secondary N) is 2. The molecule has 338 valence electrons. The molecule has 7 N–H and O–H groups in total. The topological polar surface area (TPSA) is 281 Å². The Hall–Kier alpha value is -7.39. The summed E-state index contributed by atoms with van der Waals surface area (Å²) in [6.45, 7) is 11.4. The monoisotopic (exact) mass is 872 g/mol. The van der Waals surface area contributed by atoms with Gasteiger partial charge in [-0.1, -0.05) is 19.6 Å². The first kappa shape index (κ1) is 50.0. The van der Waals surface area contributed by atoms with E-state index in [0.717, 1.165) is 7.11 Å². The van der Waals surface area contributed by atoms with Crippen molar-refractivity contribution in [1.29, 1.82) is 0 Å². The molecule has 0 aliphatic rings. The minimum Gasteiger partial charge on any atom is -0.494 e. The smallest absolute Gasteiger partial charge is 0.276 e. The third kappa shape index (κ3) is 11.3. The van der Waals surface area contributed by atoms with E-state index in [1.807, 2.05) is 32.8 Å². The second kappa shape index (κ2) is 23.0. The number of nitrogens with zero attached hydrogens (tertiary/aromatic N) is 8. The van der Waals surface area contributed by atoms with Crippen LogP contribution in [0.25, 0.3) is 22.1 Å². The lowest BCUT2D eigenvalue weighted by atomic mass is 10.1. The van der Waals surface area contributed by atoms with Crippen molar-refractivity contribution in [2.24, 2.45) is 11.5 Å². The number of allylic oxidation sites excluding steroid dienone is 2. The summed E-state index contributed by atoms with van der Waals surface area (Å²) >= 11 is 0. The molecule has 0 spiro atoms. The van der Waals surface area contributed by atoms with Crippen LogP contribution in [0.3, 0.4) is 0 Å². The van der Waals surface area contributed by atoms with Gasteiger partial charge in [0.15, 0.2) is 0 Å². The van der Waals surface area contributed by atoms with Gasteiger partial charge in [0.05, 0.1) is 36.1 Å². The molecule has 4 heterocycles. The number of aromatic nitrogens is 8. The number of aliphatic hydroxyl groups excluding tert-OH is 1. The van der Waals surface area contributed by atoms with Crippen molar-refractivity contribution < 1.29 is 43.3 Å². The molecule has 6 aromatic rings. The highest BCUT2D eigenvalue weighted by Gasteiger charge is 2.23. The molecule has 6 rings (SSSR count). The first-order chi connectivity index (χ1) is 29.9. The van der Waals surface area contributed by atoms with E-state index in [4.69, 9.17) is 40.6 Å². The number of primary amides is 2. The van der Waals surface area contributed by atoms with E-state index in [9.17, 15) is 19.2 Å². The van der Waals surface area contributed by atoms with Crippen LogP contribution in [0, 0.1) is 13.8 Å². The van der Waals surface area contributed by atoms with Gasteiger partial charge in [-0.15, -0.1) is 0 Å². The van der Waals surface area contributed by atoms with Gasteiger partial charge in [-0.25, -0.2) is 9.97 Å². The fourth-order valence-corrected chi connectivity index (χ4v) is 6.57. The van der Waals surface area contributed by atoms with E-state index < -0.39 is 23.6 Å². The first-order valence-corrected chi connectivity index (χ1v) is 19.3. The number of ether oxygens (including phenoxy) is 3. The van der Waals surface area contributed by atoms with Crippen molar-refractivity contribution in [2.45, 2.75) is 67.7 Å². The maximum absolute atomic E-state index is 13.7. The second-order valence-corrected chi connectivity index (χ2v) is 13.3. The maximum Gasteiger partial charge on any atom is 0.276 e. The Kier molecular flexibility index (Phi) is 18.2. The zero-order valence-electron chi connectivity index (χ0n) is 35.7. The quantitative estimate of drug-likeness (QED) is 0.0607. The number of anilines is 2. The lowest BCUT2D eigenvalue weighted by Crippen LogP contribution is -2.20. The van der Waals surface area contributed by atoms with Gasteiger partial charge < -0.3 is 44.7 Å². The fraction of sp³-hybridized carbons (Fsp3) is 0.357. The number of aryl methyl sites for hydroxylation is 4. The molecular formula is C42H56N12O9. The number of benzene rings is 2. The molecule has 4 amide bonds. The van der Waals surface area contributed by atoms with Crippen molar-refractivity contribution in [3.63, 3.8) is 0 Å². The van der Waals surface area contributed by atoms with Gasteiger partial charge in [-0.05, 0) is 64.1 Å². The standard InChI is InChI=1S/C39H46N12O7.CH4O.CH2O.CH4/c1-7-50-28(16-22(3)46-50)36(54)44-38-42-26-18-24(34(40)52)20-30(57-6)32(26)48(38)12-9-10-13-49-33-27(19-25(35(41)53)21-31(33)58-15-11-14-56-5)43-39(49)45-37(55)29-17-23(4)47-51(29)8-2;2*1-2;/h9-10,16-21H,7-8,11-15H2,1-6H3,(H2,40,52)(H2,41,53)(H,42,44,54)(H,43,45,55);2H,1H3;1H2;1H4/b10-9+;;;. The van der Waals surface area contributed by atoms with Crippen molar-refractivity contribution in [3.8, 4) is 11.5 Å². The molecule has 0 unspecified atom stereocenters. The van der Waals surface area contributed by atoms with E-state index in [1.54, 1.807) is 63.7 Å². The minimum absolute atomic E-state index is 0. The number of fused-ring (bicyclic) bond motifs is 2. The number of carbonyl (C=O) groups is 5. The number of methoxy groups -OCH3 is 2. The Morgan fingerprint density at radius 1 is 0.714 bits per heavy atom. The molecule has 21 nitrogen and oxygen atoms in total. The third-order valence-corrected chi connectivity index (χ3v) is 9.21. The Bertz CT molecular complexity index is 2590. The number of amides is 4. The lowest BCUT2D eigenvalue weighted by Gasteiger charge is -2.13. The van der Waals surface area contributed by atoms with Gasteiger partial charge >= 0.3 is 0 Å². The van der Waals surface area contributed by atoms with E-state index in [-0.39, 0.29) is 50.1 Å². The van der Waals surface area contributed by atoms with Crippen LogP contribution < -0.4 is 31.6 Å². The SMILES string of the molecule is C.C=O.CCn1nc(C)cc1C(=O)Nc1nc2cc(C(N)=O)cc(OC)c2n1C/C=C/Cn1c(NC(=O)c2cc(C)nn2CC)nc2cc(C(N)=O)cc(OCCCOC)c21.CO. The van der Waals surface area contributed by atoms with Crippen LogP contribution in [0.4, 0.5) is 11.9 Å². The number of imidazole rings is 2. The molecule has 63 heavy (non-hydrogen) atoms. The number of hydrogen-bond donors (Lipinski definition) is 5. The van der Waals surface area contributed by atoms with Gasteiger partial charge in [-0.3, -0.25) is 39.2 Å². The fourth-order valence-electron chi connectivity index (χ4n) is 6.57. The minimum atomic E-state index is -0.672. The number of aliphatic hydroxyl groups is 1. The average Bonchev–Trinajstić information content (AvgIpc) is 4.04. The number of carbonyl (C=O) groups excluding carboxylic acids is 5. The van der Waals surface area contributed by atoms with Crippen LogP contribution in [-0.2, 0) is 35.7 Å². The summed E-state index contributed by atoms with van der Waals surface area (Å²) in [6.07, 6.45) is 4.24. The number of nitrogens with two attached hydrogens (primary N) is 2. The summed E-state index contributed by atoms with van der Waals surface area (Å²) in [7, 11) is 4.05. The van der Waals surface area contributed by atoms with Gasteiger partial charge in [0.1, 0.15) is 40.7 Å². The molecule has 0 saturated carbocycles. The lowest BCUT2D eigenvalue weighted by molar-refractivity contribution is -0.0980. The van der Waals surface area contributed by atoms with Crippen LogP contribution in [-0.4, -0.2) is 109 Å². The molecule has 0 bridgehead atoms. The molecule has 21 heteroatoms. The van der Waals surface area contributed by atoms with Crippen LogP contribution in [0.5, 0.6) is 11.5 Å². The van der Waals surface area contributed by atoms with Gasteiger partial charge in [0.2, 0.25) is 23.7 Å². The molecule has 0 radical (unpaired) electrons. The van der Waals surface area contributed by atoms with Crippen LogP contribution in [0.1, 0.15) is 80.8 Å². The normalized spacial score (nSPS) is 10.7. The molecule has 0 atom stereocenters. The zero-order chi connectivity index (χ0) is 45.7. The van der Waals surface area contributed by atoms with E-state index in [1.165, 1.54) is 19.2 Å². The summed E-state index contributed by atoms with van der Waals surface area (Å²) in [5.74, 6) is -1.20. The summed E-state index contributed by atoms with van der Waals surface area (Å²) in [5, 5.41) is 21.6. The van der Waals surface area contributed by atoms with Crippen LogP contribution in [0.2, 0.25) is 0 Å². The summed E-state index contributed by atoms with van der Waals surface area (Å²) in [4.78, 5) is 69.3. The van der Waals surface area contributed by atoms with Crippen molar-refractivity contribution in [3.05, 3.63) is 82.5 Å². The molecule has 0 fully saturated rings. The van der Waals surface area contributed by atoms with Gasteiger partial charge in [0, 0.05) is 64.6 Å². The van der Waals surface area contributed by atoms with Crippen LogP contribution in [0.15, 0.2) is 48.6 Å². The molecule has 0 aliphatic carbocycles. The molecule has 0 aliphatic heterocycles. The Morgan fingerprint density at radius 3 is 1.54 bits per heavy atom. The summed E-state index contributed by atoms with van der Waals surface area (Å²) in [6, 6.07) is 9.50. The van der Waals surface area contributed by atoms with Crippen molar-refractivity contribution in [2.75, 3.05) is 45.2 Å². The largest absolute Gasteiger partial charge is 0.494 e. The highest BCUT2D eigenvalue weighted by atomic mass is 16.5. The molecule has 2 aromatic carbocycles. The van der Waals surface area contributed by atoms with Gasteiger partial charge in [-0.2, -0.15) is 10.2 Å². The summed E-state index contributed by atoms with van der Waals surface area (Å²) in [5.41, 5.74) is 15.5. The molecule has 0 saturated heterocycles. The predicted molar refractivity (Wildman–Crippen MR) is 237 cm³/mol. The van der Waals surface area contributed by atoms with E-state index in [2.05, 4.69) is 25.8 Å². The van der Waals surface area contributed by atoms with Gasteiger partial charge in [0.25, 0.3) is 11.8 Å². The van der Waals surface area contributed by atoms with E-state index >= 15 is 0 Å². The first-order valence-electron chi connectivity index (χ1n) is 19.3. The maximum atomic E-state index is 13.7. The second-order valence-electron chi connectivity index (χ2n) is 13.3. The van der Waals surface area contributed by atoms with Crippen LogP contribution >= 0.6 is 0 Å². The average molecular weight is 873 g/mol. The zero-order valence-corrected chi connectivity index (χ0v) is 35.7. The molecule has 4 aromatic heterocycles. The predicted octanol–water partition coefficient (Wildman–Crippen LogP) is 3.88. The third-order valence-electron chi connectivity index (χ3n) is 9.21. The number of rotatable bonds is 18. The summed E-state index contributed by atoms with van der Waals surface area (Å²) < 4.78 is 23.7. The highest BCUT2D eigenvalue weighted by Crippen LogP contribution is 2.33.